The lowest BCUT2D eigenvalue weighted by atomic mass is 9.79. The second-order valence-electron chi connectivity index (χ2n) is 7.80. The minimum Gasteiger partial charge on any atom is -0.462 e. The van der Waals surface area contributed by atoms with Gasteiger partial charge in [-0.15, -0.1) is 0 Å². The van der Waals surface area contributed by atoms with Crippen LogP contribution in [0, 0.1) is 12.9 Å². The lowest BCUT2D eigenvalue weighted by Crippen LogP contribution is -2.31. The fourth-order valence-corrected chi connectivity index (χ4v) is 4.28. The van der Waals surface area contributed by atoms with Crippen LogP contribution in [-0.2, 0) is 10.3 Å². The molecule has 7 nitrogen and oxygen atoms in total. The van der Waals surface area contributed by atoms with E-state index in [0.717, 1.165) is 22.4 Å². The Balaban J connectivity index is 1.56. The molecule has 0 radical (unpaired) electrons. The maximum absolute atomic E-state index is 14.4. The van der Waals surface area contributed by atoms with Gasteiger partial charge >= 0.3 is 0 Å². The van der Waals surface area contributed by atoms with E-state index in [-0.39, 0.29) is 12.6 Å². The highest BCUT2D eigenvalue weighted by Gasteiger charge is 2.47. The van der Waals surface area contributed by atoms with Crippen LogP contribution in [0.15, 0.2) is 70.3 Å². The Bertz CT molecular complexity index is 1410. The van der Waals surface area contributed by atoms with Gasteiger partial charge in [0.2, 0.25) is 5.95 Å². The summed E-state index contributed by atoms with van der Waals surface area (Å²) < 4.78 is 31.7. The number of hydrogen-bond donors (Lipinski definition) is 1. The predicted octanol–water partition coefficient (Wildman–Crippen LogP) is 4.55. The molecule has 6 rings (SSSR count). The molecule has 0 amide bonds. The zero-order chi connectivity index (χ0) is 21.9. The monoisotopic (exact) mass is 428 g/mol. The fraction of sp³-hybridized carbons (Fsp3) is 0.125. The number of amidine groups is 1. The molecule has 4 heterocycles. The van der Waals surface area contributed by atoms with Crippen LogP contribution in [-0.4, -0.2) is 22.8 Å². The normalized spacial score (nSPS) is 18.5. The number of aryl methyl sites for hydroxylation is 1. The van der Waals surface area contributed by atoms with E-state index < -0.39 is 11.5 Å². The smallest absolute Gasteiger partial charge is 0.283 e. The largest absolute Gasteiger partial charge is 0.462 e. The predicted molar refractivity (Wildman–Crippen MR) is 115 cm³/mol. The fourth-order valence-electron chi connectivity index (χ4n) is 4.28. The molecule has 4 aromatic rings. The van der Waals surface area contributed by atoms with Gasteiger partial charge in [-0.1, -0.05) is 11.2 Å². The molecule has 2 aliphatic rings. The topological polar surface area (TPSA) is 95.8 Å². The summed E-state index contributed by atoms with van der Waals surface area (Å²) in [6.45, 7) is 2.06. The van der Waals surface area contributed by atoms with Gasteiger partial charge in [-0.05, 0) is 55.0 Å². The number of rotatable bonds is 2. The van der Waals surface area contributed by atoms with Crippen molar-refractivity contribution < 1.29 is 18.4 Å². The first-order valence-corrected chi connectivity index (χ1v) is 10.0. The summed E-state index contributed by atoms with van der Waals surface area (Å²) in [6.07, 6.45) is 1.42. The molecule has 8 heteroatoms. The summed E-state index contributed by atoms with van der Waals surface area (Å²) in [5.74, 6) is 1.33. The van der Waals surface area contributed by atoms with Crippen LogP contribution in [0.1, 0.15) is 16.8 Å². The molecular formula is C24H17FN4O3. The Hall–Kier alpha value is -4.20. The number of nitrogens with zero attached hydrogens (tertiary/aromatic N) is 3. The number of aliphatic imine (C=N–C) groups is 1. The third-order valence-corrected chi connectivity index (χ3v) is 5.78. The van der Waals surface area contributed by atoms with Gasteiger partial charge in [0.1, 0.15) is 18.1 Å². The van der Waals surface area contributed by atoms with Gasteiger partial charge in [0.25, 0.3) is 6.02 Å². The molecule has 2 N–H and O–H groups in total. The summed E-state index contributed by atoms with van der Waals surface area (Å²) >= 11 is 0. The summed E-state index contributed by atoms with van der Waals surface area (Å²) in [5, 5.41) is 3.98. The van der Waals surface area contributed by atoms with Gasteiger partial charge in [-0.3, -0.25) is 0 Å². The number of aromatic nitrogens is 2. The van der Waals surface area contributed by atoms with E-state index >= 15 is 0 Å². The van der Waals surface area contributed by atoms with E-state index in [0.29, 0.717) is 28.4 Å². The molecule has 2 aromatic carbocycles. The first kappa shape index (κ1) is 18.6. The molecule has 0 fully saturated rings. The molecule has 2 aliphatic heterocycles. The Morgan fingerprint density at radius 1 is 1.00 bits per heavy atom. The maximum Gasteiger partial charge on any atom is 0.283 e. The molecule has 158 valence electrons. The van der Waals surface area contributed by atoms with Crippen molar-refractivity contribution in [1.29, 1.82) is 0 Å². The third-order valence-electron chi connectivity index (χ3n) is 5.78. The highest BCUT2D eigenvalue weighted by Crippen LogP contribution is 2.52. The zero-order valence-electron chi connectivity index (χ0n) is 17.0. The molecule has 0 aliphatic carbocycles. The molecule has 0 saturated carbocycles. The van der Waals surface area contributed by atoms with Gasteiger partial charge in [0.05, 0.1) is 5.69 Å². The second kappa shape index (κ2) is 6.65. The van der Waals surface area contributed by atoms with Crippen molar-refractivity contribution in [3.63, 3.8) is 0 Å². The van der Waals surface area contributed by atoms with Crippen LogP contribution in [0.5, 0.6) is 11.5 Å². The van der Waals surface area contributed by atoms with Crippen molar-refractivity contribution in [2.45, 2.75) is 12.5 Å². The average Bonchev–Trinajstić information content (AvgIpc) is 3.41. The maximum atomic E-state index is 14.4. The Morgan fingerprint density at radius 2 is 1.75 bits per heavy atom. The molecule has 0 bridgehead atoms. The van der Waals surface area contributed by atoms with Gasteiger partial charge in [-0.2, -0.15) is 4.39 Å². The summed E-state index contributed by atoms with van der Waals surface area (Å²) in [7, 11) is 0. The van der Waals surface area contributed by atoms with Crippen LogP contribution in [0.4, 0.5) is 4.39 Å². The van der Waals surface area contributed by atoms with E-state index in [2.05, 4.69) is 10.1 Å². The van der Waals surface area contributed by atoms with Crippen molar-refractivity contribution >= 4 is 6.02 Å². The number of pyridine rings is 1. The minimum atomic E-state index is -0.938. The first-order chi connectivity index (χ1) is 15.5. The molecule has 1 spiro atoms. The van der Waals surface area contributed by atoms with E-state index in [1.165, 1.54) is 6.20 Å². The average molecular weight is 428 g/mol. The summed E-state index contributed by atoms with van der Waals surface area (Å²) in [6, 6.07) is 16.5. The number of hydrogen-bond acceptors (Lipinski definition) is 7. The highest BCUT2D eigenvalue weighted by atomic mass is 19.1. The van der Waals surface area contributed by atoms with Crippen molar-refractivity contribution in [1.82, 2.24) is 10.1 Å². The van der Waals surface area contributed by atoms with E-state index in [1.807, 2.05) is 37.3 Å². The van der Waals surface area contributed by atoms with Crippen LogP contribution in [0.3, 0.4) is 0 Å². The van der Waals surface area contributed by atoms with Crippen molar-refractivity contribution in [2.24, 2.45) is 10.7 Å². The van der Waals surface area contributed by atoms with Crippen LogP contribution in [0.2, 0.25) is 0 Å². The molecular weight excluding hydrogens is 411 g/mol. The zero-order valence-corrected chi connectivity index (χ0v) is 17.0. The Labute approximate surface area is 182 Å². The second-order valence-corrected chi connectivity index (χ2v) is 7.80. The van der Waals surface area contributed by atoms with Crippen LogP contribution < -0.4 is 10.5 Å². The van der Waals surface area contributed by atoms with Crippen LogP contribution in [0.25, 0.3) is 22.5 Å². The number of ether oxygens (including phenoxy) is 2. The Kier molecular flexibility index (Phi) is 3.86. The van der Waals surface area contributed by atoms with E-state index in [4.69, 9.17) is 24.7 Å². The summed E-state index contributed by atoms with van der Waals surface area (Å²) in [4.78, 5) is 8.46. The first-order valence-electron chi connectivity index (χ1n) is 10.0. The number of nitrogens with two attached hydrogens (primary N) is 1. The lowest BCUT2D eigenvalue weighted by Gasteiger charge is -2.34. The minimum absolute atomic E-state index is 0.0858. The lowest BCUT2D eigenvalue weighted by molar-refractivity contribution is 0.264. The molecule has 32 heavy (non-hydrogen) atoms. The standard InChI is InChI=1S/C24H17FN4O3/c1-13-9-21(32-29-13)15-5-7-20-18(11-15)24(12-30-23(26)28-24)17-10-14(4-6-19(17)31-20)16-3-2-8-27-22(16)25/h2-11H,12H2,1H3,(H2,26,28)/t24-/m0/s1. The number of fused-ring (bicyclic) bond motifs is 4. The van der Waals surface area contributed by atoms with Gasteiger partial charge in [-0.25, -0.2) is 9.98 Å². The van der Waals surface area contributed by atoms with E-state index in [9.17, 15) is 4.39 Å². The highest BCUT2D eigenvalue weighted by molar-refractivity contribution is 5.78. The third kappa shape index (κ3) is 2.69. The number of benzene rings is 2. The molecule has 0 saturated heterocycles. The molecule has 2 aromatic heterocycles. The number of halogens is 1. The van der Waals surface area contributed by atoms with Gasteiger partial charge < -0.3 is 19.7 Å². The quantitative estimate of drug-likeness (QED) is 0.471. The Morgan fingerprint density at radius 3 is 2.41 bits per heavy atom. The van der Waals surface area contributed by atoms with E-state index in [1.54, 1.807) is 24.3 Å². The molecule has 1 atom stereocenters. The molecule has 0 unspecified atom stereocenters. The van der Waals surface area contributed by atoms with Gasteiger partial charge in [0, 0.05) is 34.5 Å². The van der Waals surface area contributed by atoms with Crippen molar-refractivity contribution in [3.8, 4) is 33.9 Å². The SMILES string of the molecule is Cc1cc(-c2ccc3c(c2)[C@]2(COC(N)=N2)c2cc(-c4cccnc4F)ccc2O3)on1. The van der Waals surface area contributed by atoms with Gasteiger partial charge in [0.15, 0.2) is 11.3 Å². The van der Waals surface area contributed by atoms with Crippen LogP contribution >= 0.6 is 0 Å². The van der Waals surface area contributed by atoms with Crippen molar-refractivity contribution in [2.75, 3.05) is 6.61 Å². The summed E-state index contributed by atoms with van der Waals surface area (Å²) in [5.41, 5.74) is 9.19. The van der Waals surface area contributed by atoms with Crippen molar-refractivity contribution in [3.05, 3.63) is 83.6 Å².